The van der Waals surface area contributed by atoms with E-state index in [4.69, 9.17) is 4.74 Å². The molecule has 0 fully saturated rings. The number of nitrogens with one attached hydrogen (secondary N) is 1. The molecular formula is C21H23N3O2. The molecule has 26 heavy (non-hydrogen) atoms. The highest BCUT2D eigenvalue weighted by Gasteiger charge is 2.20. The van der Waals surface area contributed by atoms with E-state index < -0.39 is 0 Å². The first-order valence-corrected chi connectivity index (χ1v) is 8.72. The summed E-state index contributed by atoms with van der Waals surface area (Å²) in [5.74, 6) is 0.601. The van der Waals surface area contributed by atoms with Crippen LogP contribution in [0.3, 0.4) is 0 Å². The van der Waals surface area contributed by atoms with Crippen LogP contribution in [0.2, 0.25) is 0 Å². The van der Waals surface area contributed by atoms with Crippen molar-refractivity contribution >= 4 is 5.91 Å². The molecule has 1 amide bonds. The van der Waals surface area contributed by atoms with Gasteiger partial charge in [-0.2, -0.15) is 5.10 Å². The molecule has 1 atom stereocenters. The molecule has 1 aromatic heterocycles. The van der Waals surface area contributed by atoms with Crippen molar-refractivity contribution < 1.29 is 9.53 Å². The van der Waals surface area contributed by atoms with E-state index in [0.717, 1.165) is 23.4 Å². The minimum Gasteiger partial charge on any atom is -0.497 e. The minimum absolute atomic E-state index is 0.0979. The Morgan fingerprint density at radius 1 is 1.19 bits per heavy atom. The van der Waals surface area contributed by atoms with E-state index in [1.54, 1.807) is 18.0 Å². The second-order valence-corrected chi connectivity index (χ2v) is 6.19. The normalized spacial score (nSPS) is 11.8. The summed E-state index contributed by atoms with van der Waals surface area (Å²) in [5.41, 5.74) is 2.92. The van der Waals surface area contributed by atoms with Gasteiger partial charge < -0.3 is 10.1 Å². The van der Waals surface area contributed by atoms with Crippen molar-refractivity contribution in [1.82, 2.24) is 15.1 Å². The van der Waals surface area contributed by atoms with Crippen LogP contribution in [0.25, 0.3) is 16.9 Å². The Morgan fingerprint density at radius 2 is 1.96 bits per heavy atom. The Hall–Kier alpha value is -3.08. The molecule has 0 saturated carbocycles. The van der Waals surface area contributed by atoms with Gasteiger partial charge in [0.15, 0.2) is 0 Å². The van der Waals surface area contributed by atoms with Gasteiger partial charge in [0.25, 0.3) is 5.91 Å². The van der Waals surface area contributed by atoms with Gasteiger partial charge in [-0.05, 0) is 37.6 Å². The van der Waals surface area contributed by atoms with Crippen molar-refractivity contribution in [2.75, 3.05) is 7.11 Å². The minimum atomic E-state index is -0.126. The van der Waals surface area contributed by atoms with Crippen LogP contribution >= 0.6 is 0 Å². The molecule has 0 saturated heterocycles. The number of methoxy groups -OCH3 is 1. The van der Waals surface area contributed by atoms with Crippen LogP contribution in [0.4, 0.5) is 0 Å². The van der Waals surface area contributed by atoms with Gasteiger partial charge in [0, 0.05) is 17.8 Å². The first kappa shape index (κ1) is 17.7. The Bertz CT molecular complexity index is 887. The van der Waals surface area contributed by atoms with Crippen molar-refractivity contribution in [1.29, 1.82) is 0 Å². The van der Waals surface area contributed by atoms with Crippen molar-refractivity contribution in [3.63, 3.8) is 0 Å². The SMILES string of the molecule is CCC(C)NC(=O)c1cn(-c2ccccc2)nc1-c1cccc(OC)c1. The van der Waals surface area contributed by atoms with Gasteiger partial charge >= 0.3 is 0 Å². The molecular weight excluding hydrogens is 326 g/mol. The fraction of sp³-hybridized carbons (Fsp3) is 0.238. The summed E-state index contributed by atoms with van der Waals surface area (Å²) in [6.07, 6.45) is 2.65. The zero-order valence-electron chi connectivity index (χ0n) is 15.3. The molecule has 0 aliphatic carbocycles. The molecule has 0 radical (unpaired) electrons. The van der Waals surface area contributed by atoms with Crippen molar-refractivity contribution in [3.05, 3.63) is 66.4 Å². The topological polar surface area (TPSA) is 56.2 Å². The van der Waals surface area contributed by atoms with Gasteiger partial charge in [-0.25, -0.2) is 4.68 Å². The van der Waals surface area contributed by atoms with E-state index in [1.807, 2.05) is 68.4 Å². The third kappa shape index (κ3) is 3.77. The van der Waals surface area contributed by atoms with Crippen LogP contribution in [-0.2, 0) is 0 Å². The standard InChI is InChI=1S/C21H23N3O2/c1-4-15(2)22-21(25)19-14-24(17-10-6-5-7-11-17)23-20(19)16-9-8-12-18(13-16)26-3/h5-15H,4H2,1-3H3,(H,22,25). The number of carbonyl (C=O) groups is 1. The van der Waals surface area contributed by atoms with Crippen molar-refractivity contribution in [2.45, 2.75) is 26.3 Å². The molecule has 3 aromatic rings. The van der Waals surface area contributed by atoms with E-state index in [1.165, 1.54) is 0 Å². The molecule has 0 aliphatic rings. The fourth-order valence-corrected chi connectivity index (χ4v) is 2.64. The van der Waals surface area contributed by atoms with Gasteiger partial charge in [0.2, 0.25) is 0 Å². The Kier molecular flexibility index (Phi) is 5.37. The summed E-state index contributed by atoms with van der Waals surface area (Å²) >= 11 is 0. The van der Waals surface area contributed by atoms with Crippen molar-refractivity contribution in [2.24, 2.45) is 0 Å². The number of carbonyl (C=O) groups excluding carboxylic acids is 1. The molecule has 5 nitrogen and oxygen atoms in total. The van der Waals surface area contributed by atoms with E-state index in [-0.39, 0.29) is 11.9 Å². The third-order valence-corrected chi connectivity index (χ3v) is 4.31. The van der Waals surface area contributed by atoms with Gasteiger partial charge in [-0.3, -0.25) is 4.79 Å². The molecule has 5 heteroatoms. The number of hydrogen-bond acceptors (Lipinski definition) is 3. The highest BCUT2D eigenvalue weighted by Crippen LogP contribution is 2.27. The number of benzene rings is 2. The molecule has 0 aliphatic heterocycles. The van der Waals surface area contributed by atoms with Gasteiger partial charge in [-0.15, -0.1) is 0 Å². The maximum Gasteiger partial charge on any atom is 0.255 e. The maximum absolute atomic E-state index is 12.8. The number of amides is 1. The highest BCUT2D eigenvalue weighted by atomic mass is 16.5. The smallest absolute Gasteiger partial charge is 0.255 e. The number of aromatic nitrogens is 2. The number of para-hydroxylation sites is 1. The Balaban J connectivity index is 2.08. The van der Waals surface area contributed by atoms with Crippen LogP contribution in [0.5, 0.6) is 5.75 Å². The van der Waals surface area contributed by atoms with E-state index >= 15 is 0 Å². The molecule has 2 aromatic carbocycles. The maximum atomic E-state index is 12.8. The first-order valence-electron chi connectivity index (χ1n) is 8.72. The van der Waals surface area contributed by atoms with Gasteiger partial charge in [0.1, 0.15) is 11.4 Å². The number of nitrogens with zero attached hydrogens (tertiary/aromatic N) is 2. The zero-order valence-corrected chi connectivity index (χ0v) is 15.3. The number of rotatable bonds is 6. The lowest BCUT2D eigenvalue weighted by Crippen LogP contribution is -2.32. The summed E-state index contributed by atoms with van der Waals surface area (Å²) in [6, 6.07) is 17.4. The van der Waals surface area contributed by atoms with E-state index in [0.29, 0.717) is 11.3 Å². The zero-order chi connectivity index (χ0) is 18.5. The lowest BCUT2D eigenvalue weighted by Gasteiger charge is -2.11. The summed E-state index contributed by atoms with van der Waals surface area (Å²) < 4.78 is 7.05. The average Bonchev–Trinajstić information content (AvgIpc) is 3.14. The first-order chi connectivity index (χ1) is 12.6. The summed E-state index contributed by atoms with van der Waals surface area (Å²) in [7, 11) is 1.62. The molecule has 0 spiro atoms. The van der Waals surface area contributed by atoms with Crippen LogP contribution in [0.1, 0.15) is 30.6 Å². The number of ether oxygens (including phenoxy) is 1. The van der Waals surface area contributed by atoms with Crippen LogP contribution < -0.4 is 10.1 Å². The predicted octanol–water partition coefficient (Wildman–Crippen LogP) is 4.08. The molecule has 1 N–H and O–H groups in total. The summed E-state index contributed by atoms with van der Waals surface area (Å²) in [6.45, 7) is 4.03. The van der Waals surface area contributed by atoms with Gasteiger partial charge in [0.05, 0.1) is 18.4 Å². The Labute approximate surface area is 153 Å². The summed E-state index contributed by atoms with van der Waals surface area (Å²) in [4.78, 5) is 12.8. The molecule has 134 valence electrons. The van der Waals surface area contributed by atoms with E-state index in [9.17, 15) is 4.79 Å². The lowest BCUT2D eigenvalue weighted by molar-refractivity contribution is 0.0940. The summed E-state index contributed by atoms with van der Waals surface area (Å²) in [5, 5.41) is 7.71. The van der Waals surface area contributed by atoms with Gasteiger partial charge in [-0.1, -0.05) is 37.3 Å². The fourth-order valence-electron chi connectivity index (χ4n) is 2.64. The highest BCUT2D eigenvalue weighted by molar-refractivity contribution is 6.00. The number of hydrogen-bond donors (Lipinski definition) is 1. The quantitative estimate of drug-likeness (QED) is 0.730. The van der Waals surface area contributed by atoms with Crippen LogP contribution in [0.15, 0.2) is 60.8 Å². The lowest BCUT2D eigenvalue weighted by atomic mass is 10.1. The molecule has 1 unspecified atom stereocenters. The molecule has 3 rings (SSSR count). The largest absolute Gasteiger partial charge is 0.497 e. The average molecular weight is 349 g/mol. The van der Waals surface area contributed by atoms with E-state index in [2.05, 4.69) is 10.4 Å². The third-order valence-electron chi connectivity index (χ3n) is 4.31. The molecule has 1 heterocycles. The van der Waals surface area contributed by atoms with Crippen LogP contribution in [0, 0.1) is 0 Å². The molecule has 0 bridgehead atoms. The van der Waals surface area contributed by atoms with Crippen molar-refractivity contribution in [3.8, 4) is 22.7 Å². The Morgan fingerprint density at radius 3 is 2.65 bits per heavy atom. The van der Waals surface area contributed by atoms with Crippen LogP contribution in [-0.4, -0.2) is 28.8 Å². The second kappa shape index (κ2) is 7.87. The second-order valence-electron chi connectivity index (χ2n) is 6.19. The monoisotopic (exact) mass is 349 g/mol. The predicted molar refractivity (Wildman–Crippen MR) is 103 cm³/mol.